The Morgan fingerprint density at radius 3 is 2.85 bits per heavy atom. The number of rotatable bonds is 5. The fraction of sp³-hybridized carbons (Fsp3) is 0.450. The lowest BCUT2D eigenvalue weighted by molar-refractivity contribution is 0.215. The van der Waals surface area contributed by atoms with Crippen LogP contribution >= 0.6 is 0 Å². The van der Waals surface area contributed by atoms with Crippen LogP contribution in [0.4, 0.5) is 5.82 Å². The number of oxazole rings is 1. The van der Waals surface area contributed by atoms with Crippen molar-refractivity contribution in [2.75, 3.05) is 31.5 Å². The van der Waals surface area contributed by atoms with Crippen LogP contribution in [0.3, 0.4) is 0 Å². The van der Waals surface area contributed by atoms with Crippen LogP contribution in [-0.2, 0) is 0 Å². The minimum absolute atomic E-state index is 0.555. The van der Waals surface area contributed by atoms with E-state index >= 15 is 0 Å². The summed E-state index contributed by atoms with van der Waals surface area (Å²) in [5.74, 6) is 2.71. The third-order valence-electron chi connectivity index (χ3n) is 4.97. The summed E-state index contributed by atoms with van der Waals surface area (Å²) < 4.78 is 5.54. The molecule has 0 spiro atoms. The summed E-state index contributed by atoms with van der Waals surface area (Å²) >= 11 is 0. The van der Waals surface area contributed by atoms with Crippen LogP contribution in [0.25, 0.3) is 11.2 Å². The van der Waals surface area contributed by atoms with E-state index in [0.717, 1.165) is 32.0 Å². The second-order valence-corrected chi connectivity index (χ2v) is 6.98. The maximum Gasteiger partial charge on any atom is 0.252 e. The lowest BCUT2D eigenvalue weighted by atomic mass is 9.91. The number of nitrogens with one attached hydrogen (secondary N) is 1. The Kier molecular flexibility index (Phi) is 4.84. The monoisotopic (exact) mass is 351 g/mol. The van der Waals surface area contributed by atoms with Crippen molar-refractivity contribution < 1.29 is 4.42 Å². The summed E-state index contributed by atoms with van der Waals surface area (Å²) in [5.41, 5.74) is 2.73. The van der Waals surface area contributed by atoms with Crippen LogP contribution in [0, 0.1) is 13.8 Å². The van der Waals surface area contributed by atoms with E-state index in [1.807, 2.05) is 13.8 Å². The Balaban J connectivity index is 1.37. The number of aromatic nitrogens is 3. The first-order chi connectivity index (χ1) is 12.7. The van der Waals surface area contributed by atoms with E-state index in [1.165, 1.54) is 18.4 Å². The Bertz CT molecular complexity index is 877. The van der Waals surface area contributed by atoms with E-state index in [1.54, 1.807) is 0 Å². The maximum atomic E-state index is 5.54. The first-order valence-corrected chi connectivity index (χ1v) is 9.32. The molecule has 6 nitrogen and oxygen atoms in total. The van der Waals surface area contributed by atoms with Crippen molar-refractivity contribution in [3.63, 3.8) is 0 Å². The molecule has 136 valence electrons. The normalized spacial score (nSPS) is 18.3. The quantitative estimate of drug-likeness (QED) is 0.758. The third-order valence-corrected chi connectivity index (χ3v) is 4.97. The van der Waals surface area contributed by atoms with Gasteiger partial charge in [0.15, 0.2) is 17.2 Å². The SMILES string of the molecule is Cc1nc(NCCN2CCCC(c3ccccc3)C2)c2nc(C)oc2n1. The van der Waals surface area contributed by atoms with E-state index in [0.29, 0.717) is 28.9 Å². The fourth-order valence-electron chi connectivity index (χ4n) is 3.74. The molecule has 1 fully saturated rings. The van der Waals surface area contributed by atoms with Crippen LogP contribution in [0.5, 0.6) is 0 Å². The molecule has 0 saturated carbocycles. The first kappa shape index (κ1) is 17.0. The Hall–Kier alpha value is -2.47. The number of anilines is 1. The predicted molar refractivity (Wildman–Crippen MR) is 102 cm³/mol. The highest BCUT2D eigenvalue weighted by molar-refractivity contribution is 5.81. The summed E-state index contributed by atoms with van der Waals surface area (Å²) in [7, 11) is 0. The molecule has 0 radical (unpaired) electrons. The second-order valence-electron chi connectivity index (χ2n) is 6.98. The minimum Gasteiger partial charge on any atom is -0.422 e. The van der Waals surface area contributed by atoms with Crippen molar-refractivity contribution in [3.8, 4) is 0 Å². The van der Waals surface area contributed by atoms with Gasteiger partial charge in [0.1, 0.15) is 5.82 Å². The summed E-state index contributed by atoms with van der Waals surface area (Å²) in [6, 6.07) is 10.9. The number of benzene rings is 1. The van der Waals surface area contributed by atoms with E-state index in [2.05, 4.69) is 55.5 Å². The van der Waals surface area contributed by atoms with Crippen LogP contribution in [0.2, 0.25) is 0 Å². The number of hydrogen-bond donors (Lipinski definition) is 1. The zero-order valence-corrected chi connectivity index (χ0v) is 15.4. The molecule has 0 aliphatic carbocycles. The number of hydrogen-bond acceptors (Lipinski definition) is 6. The van der Waals surface area contributed by atoms with E-state index in [9.17, 15) is 0 Å². The minimum atomic E-state index is 0.555. The van der Waals surface area contributed by atoms with Gasteiger partial charge < -0.3 is 14.6 Å². The molecule has 1 saturated heterocycles. The molecule has 6 heteroatoms. The highest BCUT2D eigenvalue weighted by Crippen LogP contribution is 2.26. The van der Waals surface area contributed by atoms with Gasteiger partial charge >= 0.3 is 0 Å². The molecule has 4 rings (SSSR count). The average Bonchev–Trinajstić information content (AvgIpc) is 3.03. The molecule has 1 atom stereocenters. The number of fused-ring (bicyclic) bond motifs is 1. The zero-order valence-electron chi connectivity index (χ0n) is 15.4. The number of aryl methyl sites for hydroxylation is 2. The van der Waals surface area contributed by atoms with Crippen molar-refractivity contribution in [1.29, 1.82) is 0 Å². The Morgan fingerprint density at radius 1 is 1.15 bits per heavy atom. The van der Waals surface area contributed by atoms with E-state index in [-0.39, 0.29) is 0 Å². The summed E-state index contributed by atoms with van der Waals surface area (Å²) in [6.45, 7) is 7.80. The summed E-state index contributed by atoms with van der Waals surface area (Å²) in [5, 5.41) is 3.43. The van der Waals surface area contributed by atoms with Crippen molar-refractivity contribution in [1.82, 2.24) is 19.9 Å². The van der Waals surface area contributed by atoms with Gasteiger partial charge in [0, 0.05) is 26.6 Å². The smallest absolute Gasteiger partial charge is 0.252 e. The molecule has 1 aliphatic heterocycles. The molecule has 1 unspecified atom stereocenters. The van der Waals surface area contributed by atoms with Crippen LogP contribution in [-0.4, -0.2) is 46.0 Å². The lowest BCUT2D eigenvalue weighted by Gasteiger charge is -2.33. The molecule has 1 aromatic carbocycles. The average molecular weight is 351 g/mol. The molecule has 3 aromatic rings. The van der Waals surface area contributed by atoms with Gasteiger partial charge in [0.05, 0.1) is 0 Å². The Morgan fingerprint density at radius 2 is 2.00 bits per heavy atom. The predicted octanol–water partition coefficient (Wildman–Crippen LogP) is 3.53. The number of piperidine rings is 1. The topological polar surface area (TPSA) is 67.1 Å². The van der Waals surface area contributed by atoms with E-state index < -0.39 is 0 Å². The molecule has 26 heavy (non-hydrogen) atoms. The van der Waals surface area contributed by atoms with Gasteiger partial charge in [0.25, 0.3) is 5.71 Å². The van der Waals surface area contributed by atoms with Crippen molar-refractivity contribution >= 4 is 17.0 Å². The highest BCUT2D eigenvalue weighted by Gasteiger charge is 2.21. The van der Waals surface area contributed by atoms with E-state index in [4.69, 9.17) is 4.42 Å². The highest BCUT2D eigenvalue weighted by atomic mass is 16.4. The molecular weight excluding hydrogens is 326 g/mol. The second kappa shape index (κ2) is 7.41. The number of likely N-dealkylation sites (tertiary alicyclic amines) is 1. The lowest BCUT2D eigenvalue weighted by Crippen LogP contribution is -2.37. The molecule has 0 bridgehead atoms. The molecular formula is C20H25N5O. The molecule has 0 amide bonds. The summed E-state index contributed by atoms with van der Waals surface area (Å²) in [4.78, 5) is 15.7. The van der Waals surface area contributed by atoms with Gasteiger partial charge in [-0.05, 0) is 37.8 Å². The molecule has 1 N–H and O–H groups in total. The van der Waals surface area contributed by atoms with Crippen LogP contribution < -0.4 is 5.32 Å². The molecule has 1 aliphatic rings. The van der Waals surface area contributed by atoms with Gasteiger partial charge in [-0.2, -0.15) is 4.98 Å². The van der Waals surface area contributed by atoms with Crippen LogP contribution in [0.15, 0.2) is 34.7 Å². The van der Waals surface area contributed by atoms with Crippen molar-refractivity contribution in [2.24, 2.45) is 0 Å². The van der Waals surface area contributed by atoms with Gasteiger partial charge in [0.2, 0.25) is 0 Å². The van der Waals surface area contributed by atoms with Gasteiger partial charge in [-0.15, -0.1) is 0 Å². The van der Waals surface area contributed by atoms with Gasteiger partial charge in [-0.3, -0.25) is 0 Å². The third kappa shape index (κ3) is 3.70. The van der Waals surface area contributed by atoms with Gasteiger partial charge in [-0.1, -0.05) is 30.3 Å². The fourth-order valence-corrected chi connectivity index (χ4v) is 3.74. The van der Waals surface area contributed by atoms with Crippen LogP contribution in [0.1, 0.15) is 36.0 Å². The van der Waals surface area contributed by atoms with Crippen molar-refractivity contribution in [3.05, 3.63) is 47.6 Å². The van der Waals surface area contributed by atoms with Crippen molar-refractivity contribution in [2.45, 2.75) is 32.6 Å². The number of nitrogens with zero attached hydrogens (tertiary/aromatic N) is 4. The summed E-state index contributed by atoms with van der Waals surface area (Å²) in [6.07, 6.45) is 2.52. The Labute approximate surface area is 153 Å². The maximum absolute atomic E-state index is 5.54. The molecule has 2 aromatic heterocycles. The van der Waals surface area contributed by atoms with Gasteiger partial charge in [-0.25, -0.2) is 9.97 Å². The first-order valence-electron chi connectivity index (χ1n) is 9.32. The zero-order chi connectivity index (χ0) is 17.9. The standard InChI is InChI=1S/C20H25N5O/c1-14-22-19(18-20(23-14)26-15(2)24-18)21-10-12-25-11-6-9-17(13-25)16-7-4-3-5-8-16/h3-5,7-8,17H,6,9-13H2,1-2H3,(H,21,22,23). The molecule has 3 heterocycles. The largest absolute Gasteiger partial charge is 0.422 e.